The Kier molecular flexibility index (Phi) is 9.23. The van der Waals surface area contributed by atoms with E-state index in [1.807, 2.05) is 0 Å². The largest absolute Gasteiger partial charge is 0.251 e. The van der Waals surface area contributed by atoms with Gasteiger partial charge in [-0.25, -0.2) is 4.89 Å². The average molecular weight is 254 g/mol. The first-order chi connectivity index (χ1) is 8.88. The number of allylic oxidation sites excluding steroid dienone is 1. The van der Waals surface area contributed by atoms with Gasteiger partial charge in [0.1, 0.15) is 6.10 Å². The minimum atomic E-state index is -0.0207. The lowest BCUT2D eigenvalue weighted by Crippen LogP contribution is -2.13. The van der Waals surface area contributed by atoms with Crippen molar-refractivity contribution in [2.45, 2.75) is 90.1 Å². The van der Waals surface area contributed by atoms with Crippen molar-refractivity contribution in [2.75, 3.05) is 0 Å². The van der Waals surface area contributed by atoms with E-state index in [-0.39, 0.29) is 6.10 Å². The van der Waals surface area contributed by atoms with E-state index in [9.17, 15) is 0 Å². The minimum Gasteiger partial charge on any atom is -0.251 e. The predicted octanol–water partition coefficient (Wildman–Crippen LogP) is 5.49. The van der Waals surface area contributed by atoms with E-state index in [1.54, 1.807) is 0 Å². The van der Waals surface area contributed by atoms with Crippen molar-refractivity contribution in [3.8, 4) is 0 Å². The maximum absolute atomic E-state index is 8.95. The molecule has 2 nitrogen and oxygen atoms in total. The third kappa shape index (κ3) is 6.55. The van der Waals surface area contributed by atoms with Crippen LogP contribution < -0.4 is 0 Å². The zero-order valence-electron chi connectivity index (χ0n) is 12.0. The second-order valence-corrected chi connectivity index (χ2v) is 5.53. The van der Waals surface area contributed by atoms with Crippen molar-refractivity contribution in [3.63, 3.8) is 0 Å². The molecular weight excluding hydrogens is 224 g/mol. The lowest BCUT2D eigenvalue weighted by atomic mass is 9.99. The van der Waals surface area contributed by atoms with Crippen LogP contribution in [0.2, 0.25) is 0 Å². The van der Waals surface area contributed by atoms with Crippen molar-refractivity contribution >= 4 is 0 Å². The Hall–Kier alpha value is -0.340. The summed E-state index contributed by atoms with van der Waals surface area (Å²) in [5.41, 5.74) is 1.34. The lowest BCUT2D eigenvalue weighted by Gasteiger charge is -2.15. The number of unbranched alkanes of at least 4 members (excludes halogenated alkanes) is 6. The summed E-state index contributed by atoms with van der Waals surface area (Å²) in [6.45, 7) is 2.26. The molecule has 0 saturated carbocycles. The number of hydrogen-bond donors (Lipinski definition) is 1. The van der Waals surface area contributed by atoms with Crippen LogP contribution in [0.5, 0.6) is 0 Å². The normalized spacial score (nSPS) is 20.6. The van der Waals surface area contributed by atoms with Gasteiger partial charge in [0.25, 0.3) is 0 Å². The molecule has 1 N–H and O–H groups in total. The summed E-state index contributed by atoms with van der Waals surface area (Å²) >= 11 is 0. The first kappa shape index (κ1) is 15.7. The van der Waals surface area contributed by atoms with Gasteiger partial charge in [0.15, 0.2) is 0 Å². The molecule has 1 aliphatic carbocycles. The molecule has 106 valence electrons. The van der Waals surface area contributed by atoms with Crippen LogP contribution in [-0.4, -0.2) is 11.4 Å². The summed E-state index contributed by atoms with van der Waals surface area (Å²) in [7, 11) is 0. The maximum atomic E-state index is 8.95. The number of hydrogen-bond acceptors (Lipinski definition) is 2. The molecule has 0 amide bonds. The SMILES string of the molecule is CCCCCCCCCC1=CCCCCC1OO. The highest BCUT2D eigenvalue weighted by atomic mass is 17.1. The molecule has 0 fully saturated rings. The summed E-state index contributed by atoms with van der Waals surface area (Å²) in [6.07, 6.45) is 17.3. The van der Waals surface area contributed by atoms with Gasteiger partial charge in [0.2, 0.25) is 0 Å². The van der Waals surface area contributed by atoms with E-state index in [2.05, 4.69) is 17.9 Å². The van der Waals surface area contributed by atoms with E-state index < -0.39 is 0 Å². The van der Waals surface area contributed by atoms with Gasteiger partial charge >= 0.3 is 0 Å². The van der Waals surface area contributed by atoms with Crippen molar-refractivity contribution in [1.82, 2.24) is 0 Å². The molecule has 0 aliphatic heterocycles. The Bertz CT molecular complexity index is 223. The summed E-state index contributed by atoms with van der Waals surface area (Å²) in [5, 5.41) is 8.95. The summed E-state index contributed by atoms with van der Waals surface area (Å²) < 4.78 is 0. The standard InChI is InChI=1S/C16H30O2/c1-2-3-4-5-6-7-9-12-15-13-10-8-11-14-16(15)18-17/h13,16-17H,2-12,14H2,1H3. The van der Waals surface area contributed by atoms with Crippen LogP contribution in [-0.2, 0) is 4.89 Å². The van der Waals surface area contributed by atoms with Gasteiger partial charge in [0, 0.05) is 0 Å². The van der Waals surface area contributed by atoms with E-state index in [4.69, 9.17) is 5.26 Å². The van der Waals surface area contributed by atoms with Crippen molar-refractivity contribution in [3.05, 3.63) is 11.6 Å². The molecule has 18 heavy (non-hydrogen) atoms. The van der Waals surface area contributed by atoms with Crippen LogP contribution in [0, 0.1) is 0 Å². The second-order valence-electron chi connectivity index (χ2n) is 5.53. The summed E-state index contributed by atoms with van der Waals surface area (Å²) in [6, 6.07) is 0. The Morgan fingerprint density at radius 2 is 1.83 bits per heavy atom. The smallest absolute Gasteiger partial charge is 0.114 e. The molecule has 0 saturated heterocycles. The van der Waals surface area contributed by atoms with E-state index in [0.717, 1.165) is 19.3 Å². The van der Waals surface area contributed by atoms with Crippen molar-refractivity contribution in [1.29, 1.82) is 0 Å². The highest BCUT2D eigenvalue weighted by Gasteiger charge is 2.16. The number of rotatable bonds is 9. The van der Waals surface area contributed by atoms with Crippen LogP contribution in [0.4, 0.5) is 0 Å². The molecular formula is C16H30O2. The van der Waals surface area contributed by atoms with E-state index >= 15 is 0 Å². The highest BCUT2D eigenvalue weighted by Crippen LogP contribution is 2.24. The topological polar surface area (TPSA) is 29.5 Å². The summed E-state index contributed by atoms with van der Waals surface area (Å²) in [4.78, 5) is 4.63. The fourth-order valence-corrected chi connectivity index (χ4v) is 2.75. The highest BCUT2D eigenvalue weighted by molar-refractivity contribution is 5.09. The zero-order valence-corrected chi connectivity index (χ0v) is 12.0. The summed E-state index contributed by atoms with van der Waals surface area (Å²) in [5.74, 6) is 0. The molecule has 0 aromatic rings. The Morgan fingerprint density at radius 3 is 2.56 bits per heavy atom. The molecule has 0 bridgehead atoms. The van der Waals surface area contributed by atoms with Gasteiger partial charge in [-0.3, -0.25) is 5.26 Å². The molecule has 0 heterocycles. The lowest BCUT2D eigenvalue weighted by molar-refractivity contribution is -0.270. The van der Waals surface area contributed by atoms with Crippen LogP contribution in [0.25, 0.3) is 0 Å². The Morgan fingerprint density at radius 1 is 1.11 bits per heavy atom. The fraction of sp³-hybridized carbons (Fsp3) is 0.875. The first-order valence-electron chi connectivity index (χ1n) is 7.87. The molecule has 1 aliphatic rings. The first-order valence-corrected chi connectivity index (χ1v) is 7.87. The Labute approximate surface area is 112 Å². The molecule has 1 atom stereocenters. The van der Waals surface area contributed by atoms with Gasteiger partial charge in [-0.2, -0.15) is 0 Å². The average Bonchev–Trinajstić information content (AvgIpc) is 2.62. The predicted molar refractivity (Wildman–Crippen MR) is 76.7 cm³/mol. The van der Waals surface area contributed by atoms with E-state index in [1.165, 1.54) is 63.4 Å². The fourth-order valence-electron chi connectivity index (χ4n) is 2.75. The van der Waals surface area contributed by atoms with E-state index in [0.29, 0.717) is 0 Å². The molecule has 2 heteroatoms. The van der Waals surface area contributed by atoms with Gasteiger partial charge in [0.05, 0.1) is 0 Å². The second kappa shape index (κ2) is 10.6. The third-order valence-corrected chi connectivity index (χ3v) is 3.94. The molecule has 0 aromatic carbocycles. The molecule has 1 rings (SSSR count). The van der Waals surface area contributed by atoms with Gasteiger partial charge in [-0.1, -0.05) is 57.9 Å². The molecule has 1 unspecified atom stereocenters. The van der Waals surface area contributed by atoms with Crippen molar-refractivity contribution < 1.29 is 10.1 Å². The Balaban J connectivity index is 2.10. The molecule has 0 aromatic heterocycles. The molecule has 0 spiro atoms. The van der Waals surface area contributed by atoms with Crippen molar-refractivity contribution in [2.24, 2.45) is 0 Å². The zero-order chi connectivity index (χ0) is 13.1. The molecule has 0 radical (unpaired) electrons. The van der Waals surface area contributed by atoms with Gasteiger partial charge < -0.3 is 0 Å². The van der Waals surface area contributed by atoms with Gasteiger partial charge in [-0.15, -0.1) is 0 Å². The maximum Gasteiger partial charge on any atom is 0.114 e. The van der Waals surface area contributed by atoms with Crippen LogP contribution in [0.1, 0.15) is 84.0 Å². The minimum absolute atomic E-state index is 0.0207. The van der Waals surface area contributed by atoms with Crippen LogP contribution >= 0.6 is 0 Å². The van der Waals surface area contributed by atoms with Crippen LogP contribution in [0.3, 0.4) is 0 Å². The third-order valence-electron chi connectivity index (χ3n) is 3.94. The van der Waals surface area contributed by atoms with Gasteiger partial charge in [-0.05, 0) is 37.7 Å². The quantitative estimate of drug-likeness (QED) is 0.255. The monoisotopic (exact) mass is 254 g/mol. The van der Waals surface area contributed by atoms with Crippen LogP contribution in [0.15, 0.2) is 11.6 Å².